The van der Waals surface area contributed by atoms with E-state index in [1.54, 1.807) is 24.3 Å². The van der Waals surface area contributed by atoms with E-state index in [0.717, 1.165) is 0 Å². The Balaban J connectivity index is 2.20. The van der Waals surface area contributed by atoms with Gasteiger partial charge >= 0.3 is 0 Å². The first-order valence-electron chi connectivity index (χ1n) is 7.91. The highest BCUT2D eigenvalue weighted by Gasteiger charge is 2.21. The fourth-order valence-corrected chi connectivity index (χ4v) is 2.83. The van der Waals surface area contributed by atoms with Crippen molar-refractivity contribution in [2.75, 3.05) is 6.54 Å². The third kappa shape index (κ3) is 3.52. The molecule has 2 N–H and O–H groups in total. The van der Waals surface area contributed by atoms with E-state index < -0.39 is 22.8 Å². The summed E-state index contributed by atoms with van der Waals surface area (Å²) in [7, 11) is 1.49. The molecule has 8 nitrogen and oxygen atoms in total. The smallest absolute Gasteiger partial charge is 0.267 e. The Bertz CT molecular complexity index is 1140. The lowest BCUT2D eigenvalue weighted by Crippen LogP contribution is -2.34. The molecule has 0 aliphatic heterocycles. The van der Waals surface area contributed by atoms with Crippen molar-refractivity contribution in [1.82, 2.24) is 19.9 Å². The molecule has 27 heavy (non-hydrogen) atoms. The molecule has 138 valence electrons. The van der Waals surface area contributed by atoms with Crippen LogP contribution in [0.2, 0.25) is 5.15 Å². The van der Waals surface area contributed by atoms with Gasteiger partial charge in [-0.1, -0.05) is 17.7 Å². The molecular formula is C18H15ClN4O4. The molecule has 2 aromatic heterocycles. The maximum Gasteiger partial charge on any atom is 0.267 e. The van der Waals surface area contributed by atoms with E-state index in [-0.39, 0.29) is 22.9 Å². The Morgan fingerprint density at radius 3 is 2.67 bits per heavy atom. The summed E-state index contributed by atoms with van der Waals surface area (Å²) in [5.41, 5.74) is 0.483. The number of pyridine rings is 1. The van der Waals surface area contributed by atoms with Crippen molar-refractivity contribution in [2.24, 2.45) is 7.05 Å². The van der Waals surface area contributed by atoms with Gasteiger partial charge in [0.25, 0.3) is 11.5 Å². The summed E-state index contributed by atoms with van der Waals surface area (Å²) < 4.78 is 1.26. The third-order valence-corrected chi connectivity index (χ3v) is 4.23. The first-order chi connectivity index (χ1) is 12.8. The fraction of sp³-hybridized carbons (Fsp3) is 0.167. The normalized spacial score (nSPS) is 10.8. The SMILES string of the molecule is CC(=O)CNC(=O)c1c(O)c2cc(-c3cc(Cl)ncn3)ccc2n(C)c1=O. The summed E-state index contributed by atoms with van der Waals surface area (Å²) in [6.45, 7) is 1.07. The molecular weight excluding hydrogens is 372 g/mol. The number of rotatable bonds is 4. The minimum Gasteiger partial charge on any atom is -0.506 e. The lowest BCUT2D eigenvalue weighted by atomic mass is 10.0. The second kappa shape index (κ2) is 7.16. The number of fused-ring (bicyclic) bond motifs is 1. The average Bonchev–Trinajstić information content (AvgIpc) is 2.64. The minimum atomic E-state index is -0.819. The van der Waals surface area contributed by atoms with Crippen LogP contribution in [0.5, 0.6) is 5.75 Å². The van der Waals surface area contributed by atoms with Crippen LogP contribution in [0.25, 0.3) is 22.2 Å². The van der Waals surface area contributed by atoms with Gasteiger partial charge in [0.15, 0.2) is 0 Å². The zero-order valence-electron chi connectivity index (χ0n) is 14.5. The largest absolute Gasteiger partial charge is 0.506 e. The third-order valence-electron chi connectivity index (χ3n) is 4.02. The number of aromatic hydroxyl groups is 1. The van der Waals surface area contributed by atoms with Gasteiger partial charge in [-0.05, 0) is 19.1 Å². The number of hydrogen-bond donors (Lipinski definition) is 2. The lowest BCUT2D eigenvalue weighted by molar-refractivity contribution is -0.116. The van der Waals surface area contributed by atoms with Crippen molar-refractivity contribution in [2.45, 2.75) is 6.92 Å². The quantitative estimate of drug-likeness (QED) is 0.659. The Morgan fingerprint density at radius 1 is 1.26 bits per heavy atom. The molecule has 2 heterocycles. The Labute approximate surface area is 158 Å². The van der Waals surface area contributed by atoms with Crippen LogP contribution in [0.3, 0.4) is 0 Å². The number of amides is 1. The molecule has 0 aliphatic rings. The highest BCUT2D eigenvalue weighted by atomic mass is 35.5. The van der Waals surface area contributed by atoms with Crippen LogP contribution < -0.4 is 10.9 Å². The van der Waals surface area contributed by atoms with Gasteiger partial charge in [-0.15, -0.1) is 0 Å². The van der Waals surface area contributed by atoms with Crippen molar-refractivity contribution in [3.8, 4) is 17.0 Å². The zero-order valence-corrected chi connectivity index (χ0v) is 15.2. The number of Topliss-reactive ketones (excluding diaryl/α,β-unsaturated/α-hetero) is 1. The van der Waals surface area contributed by atoms with Gasteiger partial charge in [0.05, 0.1) is 17.8 Å². The number of ketones is 1. The first-order valence-corrected chi connectivity index (χ1v) is 8.28. The topological polar surface area (TPSA) is 114 Å². The van der Waals surface area contributed by atoms with Crippen molar-refractivity contribution in [3.63, 3.8) is 0 Å². The van der Waals surface area contributed by atoms with Crippen molar-refractivity contribution in [1.29, 1.82) is 0 Å². The van der Waals surface area contributed by atoms with Crippen LogP contribution >= 0.6 is 11.6 Å². The highest BCUT2D eigenvalue weighted by molar-refractivity contribution is 6.29. The molecule has 0 aliphatic carbocycles. The summed E-state index contributed by atoms with van der Waals surface area (Å²) in [4.78, 5) is 43.8. The van der Waals surface area contributed by atoms with Crippen LogP contribution in [-0.2, 0) is 11.8 Å². The Hall–Kier alpha value is -3.26. The van der Waals surface area contributed by atoms with Gasteiger partial charge in [-0.2, -0.15) is 0 Å². The Kier molecular flexibility index (Phi) is 4.91. The van der Waals surface area contributed by atoms with Crippen LogP contribution in [0, 0.1) is 0 Å². The summed E-state index contributed by atoms with van der Waals surface area (Å²) >= 11 is 5.89. The molecule has 0 spiro atoms. The van der Waals surface area contributed by atoms with E-state index in [1.165, 1.54) is 24.9 Å². The summed E-state index contributed by atoms with van der Waals surface area (Å²) in [5.74, 6) is -1.56. The number of aromatic nitrogens is 3. The molecule has 0 radical (unpaired) electrons. The number of nitrogens with one attached hydrogen (secondary N) is 1. The van der Waals surface area contributed by atoms with Crippen LogP contribution in [-0.4, -0.2) is 37.9 Å². The van der Waals surface area contributed by atoms with Crippen LogP contribution in [0.1, 0.15) is 17.3 Å². The second-order valence-electron chi connectivity index (χ2n) is 5.93. The molecule has 9 heteroatoms. The molecule has 0 saturated heterocycles. The molecule has 0 unspecified atom stereocenters. The monoisotopic (exact) mass is 386 g/mol. The van der Waals surface area contributed by atoms with E-state index in [0.29, 0.717) is 16.8 Å². The predicted molar refractivity (Wildman–Crippen MR) is 99.9 cm³/mol. The molecule has 3 aromatic rings. The van der Waals surface area contributed by atoms with Crippen molar-refractivity contribution >= 4 is 34.2 Å². The van der Waals surface area contributed by atoms with Crippen molar-refractivity contribution < 1.29 is 14.7 Å². The van der Waals surface area contributed by atoms with Gasteiger partial charge in [0.1, 0.15) is 28.6 Å². The molecule has 0 fully saturated rings. The number of carbonyl (C=O) groups is 2. The van der Waals surface area contributed by atoms with E-state index in [4.69, 9.17) is 11.6 Å². The maximum absolute atomic E-state index is 12.5. The number of hydrogen-bond acceptors (Lipinski definition) is 6. The number of carbonyl (C=O) groups excluding carboxylic acids is 2. The molecule has 0 saturated carbocycles. The maximum atomic E-state index is 12.5. The lowest BCUT2D eigenvalue weighted by Gasteiger charge is -2.13. The van der Waals surface area contributed by atoms with Crippen LogP contribution in [0.15, 0.2) is 35.4 Å². The molecule has 3 rings (SSSR count). The molecule has 1 amide bonds. The van der Waals surface area contributed by atoms with Gasteiger partial charge in [-0.3, -0.25) is 14.4 Å². The molecule has 0 atom stereocenters. The highest BCUT2D eigenvalue weighted by Crippen LogP contribution is 2.30. The van der Waals surface area contributed by atoms with Gasteiger partial charge < -0.3 is 15.0 Å². The fourth-order valence-electron chi connectivity index (χ4n) is 2.68. The van der Waals surface area contributed by atoms with E-state index in [9.17, 15) is 19.5 Å². The molecule has 1 aromatic carbocycles. The van der Waals surface area contributed by atoms with E-state index in [2.05, 4.69) is 15.3 Å². The van der Waals surface area contributed by atoms with Crippen LogP contribution in [0.4, 0.5) is 0 Å². The Morgan fingerprint density at radius 2 is 2.00 bits per heavy atom. The van der Waals surface area contributed by atoms with Gasteiger partial charge in [0, 0.05) is 24.1 Å². The van der Waals surface area contributed by atoms with E-state index in [1.807, 2.05) is 0 Å². The predicted octanol–water partition coefficient (Wildman–Crippen LogP) is 1.67. The average molecular weight is 387 g/mol. The van der Waals surface area contributed by atoms with E-state index >= 15 is 0 Å². The zero-order chi connectivity index (χ0) is 19.7. The van der Waals surface area contributed by atoms with Gasteiger partial charge in [0.2, 0.25) is 0 Å². The summed E-state index contributed by atoms with van der Waals surface area (Å²) in [5, 5.41) is 13.5. The summed E-state index contributed by atoms with van der Waals surface area (Å²) in [6, 6.07) is 6.52. The van der Waals surface area contributed by atoms with Crippen molar-refractivity contribution in [3.05, 3.63) is 51.7 Å². The minimum absolute atomic E-state index is 0.237. The van der Waals surface area contributed by atoms with Gasteiger partial charge in [-0.25, -0.2) is 9.97 Å². The first kappa shape index (κ1) is 18.5. The molecule has 0 bridgehead atoms. The number of benzene rings is 1. The number of nitrogens with zero attached hydrogens (tertiary/aromatic N) is 3. The second-order valence-corrected chi connectivity index (χ2v) is 6.32. The number of aryl methyl sites for hydroxylation is 1. The number of halogens is 1. The summed E-state index contributed by atoms with van der Waals surface area (Å²) in [6.07, 6.45) is 1.31. The standard InChI is InChI=1S/C18H15ClN4O4/c1-9(24)7-20-17(26)15-16(25)11-5-10(12-6-14(19)22-8-21-12)3-4-13(11)23(2)18(15)27/h3-6,8,25H,7H2,1-2H3,(H,20,26).